The van der Waals surface area contributed by atoms with Crippen molar-refractivity contribution in [1.82, 2.24) is 4.57 Å². The number of nitrogen functional groups attached to an aromatic ring is 1. The molecule has 3 nitrogen and oxygen atoms in total. The first kappa shape index (κ1) is 13.5. The highest BCUT2D eigenvalue weighted by molar-refractivity contribution is 5.58. The lowest BCUT2D eigenvalue weighted by atomic mass is 9.88. The summed E-state index contributed by atoms with van der Waals surface area (Å²) in [5.41, 5.74) is 10.2. The van der Waals surface area contributed by atoms with Gasteiger partial charge in [0.15, 0.2) is 0 Å². The van der Waals surface area contributed by atoms with Gasteiger partial charge in [0, 0.05) is 5.69 Å². The standard InChI is InChI=1S/C16H21N3/c1-10-7-5-6-8-14(10)13(4)19-12(3)11(2)15(9-17)16(19)18/h5-6,8,10,13H,7,18H2,1-4H3. The van der Waals surface area contributed by atoms with Crippen LogP contribution < -0.4 is 5.73 Å². The smallest absolute Gasteiger partial charge is 0.122 e. The van der Waals surface area contributed by atoms with Crippen LogP contribution in [0, 0.1) is 31.1 Å². The predicted molar refractivity (Wildman–Crippen MR) is 78.7 cm³/mol. The van der Waals surface area contributed by atoms with E-state index < -0.39 is 0 Å². The van der Waals surface area contributed by atoms with Crippen LogP contribution in [0.15, 0.2) is 23.8 Å². The molecule has 1 aromatic rings. The lowest BCUT2D eigenvalue weighted by Crippen LogP contribution is -2.17. The van der Waals surface area contributed by atoms with Gasteiger partial charge in [0.2, 0.25) is 0 Å². The summed E-state index contributed by atoms with van der Waals surface area (Å²) in [6.07, 6.45) is 7.55. The Balaban J connectivity index is 2.51. The average molecular weight is 255 g/mol. The first-order chi connectivity index (χ1) is 8.99. The summed E-state index contributed by atoms with van der Waals surface area (Å²) >= 11 is 0. The zero-order chi connectivity index (χ0) is 14.2. The van der Waals surface area contributed by atoms with E-state index in [9.17, 15) is 5.26 Å². The molecule has 2 unspecified atom stereocenters. The molecule has 100 valence electrons. The van der Waals surface area contributed by atoms with E-state index in [4.69, 9.17) is 5.73 Å². The van der Waals surface area contributed by atoms with E-state index in [0.717, 1.165) is 17.7 Å². The summed E-state index contributed by atoms with van der Waals surface area (Å²) < 4.78 is 2.09. The van der Waals surface area contributed by atoms with Gasteiger partial charge in [-0.25, -0.2) is 0 Å². The lowest BCUT2D eigenvalue weighted by molar-refractivity contribution is 0.529. The maximum absolute atomic E-state index is 9.21. The third-order valence-electron chi connectivity index (χ3n) is 4.26. The summed E-state index contributed by atoms with van der Waals surface area (Å²) in [6.45, 7) is 8.39. The minimum absolute atomic E-state index is 0.195. The predicted octanol–water partition coefficient (Wildman–Crippen LogP) is 3.64. The van der Waals surface area contributed by atoms with Crippen LogP contribution in [0.25, 0.3) is 0 Å². The highest BCUT2D eigenvalue weighted by atomic mass is 15.1. The molecule has 2 atom stereocenters. The second kappa shape index (κ2) is 4.97. The number of nitrogens with two attached hydrogens (primary N) is 1. The normalized spacial score (nSPS) is 19.9. The first-order valence-corrected chi connectivity index (χ1v) is 6.72. The molecule has 0 aliphatic heterocycles. The molecule has 3 heteroatoms. The second-order valence-corrected chi connectivity index (χ2v) is 5.36. The fourth-order valence-electron chi connectivity index (χ4n) is 2.96. The van der Waals surface area contributed by atoms with Gasteiger partial charge >= 0.3 is 0 Å². The molecule has 0 bridgehead atoms. The van der Waals surface area contributed by atoms with Crippen LogP contribution in [-0.4, -0.2) is 4.57 Å². The van der Waals surface area contributed by atoms with Crippen molar-refractivity contribution in [2.24, 2.45) is 5.92 Å². The average Bonchev–Trinajstić information content (AvgIpc) is 2.60. The molecule has 0 radical (unpaired) electrons. The van der Waals surface area contributed by atoms with Crippen molar-refractivity contribution in [3.8, 4) is 6.07 Å². The molecule has 19 heavy (non-hydrogen) atoms. The van der Waals surface area contributed by atoms with Crippen molar-refractivity contribution in [3.05, 3.63) is 40.6 Å². The van der Waals surface area contributed by atoms with Gasteiger partial charge in [0.05, 0.1) is 11.6 Å². The first-order valence-electron chi connectivity index (χ1n) is 6.72. The van der Waals surface area contributed by atoms with Gasteiger partial charge in [0.1, 0.15) is 11.9 Å². The van der Waals surface area contributed by atoms with Crippen LogP contribution in [0.5, 0.6) is 0 Å². The van der Waals surface area contributed by atoms with E-state index in [1.165, 1.54) is 5.57 Å². The van der Waals surface area contributed by atoms with Gasteiger partial charge in [-0.3, -0.25) is 0 Å². The van der Waals surface area contributed by atoms with Crippen molar-refractivity contribution >= 4 is 5.82 Å². The van der Waals surface area contributed by atoms with E-state index >= 15 is 0 Å². The number of aromatic nitrogens is 1. The molecule has 1 heterocycles. The summed E-state index contributed by atoms with van der Waals surface area (Å²) in [5.74, 6) is 1.11. The van der Waals surface area contributed by atoms with Crippen LogP contribution in [0.1, 0.15) is 43.1 Å². The molecular weight excluding hydrogens is 234 g/mol. The maximum Gasteiger partial charge on any atom is 0.122 e. The third-order valence-corrected chi connectivity index (χ3v) is 4.26. The van der Waals surface area contributed by atoms with Crippen molar-refractivity contribution in [2.45, 2.75) is 40.2 Å². The van der Waals surface area contributed by atoms with Crippen LogP contribution in [0.4, 0.5) is 5.82 Å². The summed E-state index contributed by atoms with van der Waals surface area (Å²) in [7, 11) is 0. The Morgan fingerprint density at radius 3 is 2.68 bits per heavy atom. The third kappa shape index (κ3) is 2.08. The molecule has 0 saturated carbocycles. The lowest BCUT2D eigenvalue weighted by Gasteiger charge is -2.26. The van der Waals surface area contributed by atoms with E-state index in [1.807, 2.05) is 13.8 Å². The molecule has 0 spiro atoms. The Morgan fingerprint density at radius 1 is 1.47 bits per heavy atom. The molecule has 1 aromatic heterocycles. The second-order valence-electron chi connectivity index (χ2n) is 5.36. The van der Waals surface area contributed by atoms with Gasteiger partial charge in [0.25, 0.3) is 0 Å². The largest absolute Gasteiger partial charge is 0.384 e. The van der Waals surface area contributed by atoms with E-state index in [2.05, 4.69) is 42.7 Å². The maximum atomic E-state index is 9.21. The highest BCUT2D eigenvalue weighted by Crippen LogP contribution is 2.35. The minimum Gasteiger partial charge on any atom is -0.384 e. The Kier molecular flexibility index (Phi) is 3.53. The topological polar surface area (TPSA) is 54.7 Å². The summed E-state index contributed by atoms with van der Waals surface area (Å²) in [6, 6.07) is 2.41. The van der Waals surface area contributed by atoms with Gasteiger partial charge in [-0.2, -0.15) is 5.26 Å². The molecule has 0 saturated heterocycles. The summed E-state index contributed by atoms with van der Waals surface area (Å²) in [4.78, 5) is 0. The van der Waals surface area contributed by atoms with Crippen molar-refractivity contribution in [1.29, 1.82) is 5.26 Å². The number of allylic oxidation sites excluding steroid dienone is 4. The van der Waals surface area contributed by atoms with E-state index in [1.54, 1.807) is 0 Å². The number of hydrogen-bond donors (Lipinski definition) is 1. The van der Waals surface area contributed by atoms with Crippen molar-refractivity contribution in [3.63, 3.8) is 0 Å². The zero-order valence-corrected chi connectivity index (χ0v) is 12.1. The quantitative estimate of drug-likeness (QED) is 0.877. The molecule has 0 fully saturated rings. The van der Waals surface area contributed by atoms with E-state index in [-0.39, 0.29) is 6.04 Å². The van der Waals surface area contributed by atoms with Gasteiger partial charge in [-0.05, 0) is 44.2 Å². The van der Waals surface area contributed by atoms with Gasteiger partial charge in [-0.15, -0.1) is 0 Å². The SMILES string of the molecule is Cc1c(C#N)c(N)n(C(C)C2=CC=CCC2C)c1C. The molecule has 1 aliphatic carbocycles. The van der Waals surface area contributed by atoms with Gasteiger partial charge < -0.3 is 10.3 Å². The van der Waals surface area contributed by atoms with Crippen molar-refractivity contribution in [2.75, 3.05) is 5.73 Å². The monoisotopic (exact) mass is 255 g/mol. The Labute approximate surface area is 115 Å². The number of anilines is 1. The highest BCUT2D eigenvalue weighted by Gasteiger charge is 2.24. The van der Waals surface area contributed by atoms with Crippen LogP contribution in [-0.2, 0) is 0 Å². The number of hydrogen-bond acceptors (Lipinski definition) is 2. The number of nitriles is 1. The van der Waals surface area contributed by atoms with Crippen molar-refractivity contribution < 1.29 is 0 Å². The Hall–Kier alpha value is -1.95. The Morgan fingerprint density at radius 2 is 2.16 bits per heavy atom. The molecule has 0 aromatic carbocycles. The van der Waals surface area contributed by atoms with E-state index in [0.29, 0.717) is 17.3 Å². The molecule has 1 aliphatic rings. The van der Waals surface area contributed by atoms with Crippen LogP contribution in [0.2, 0.25) is 0 Å². The summed E-state index contributed by atoms with van der Waals surface area (Å²) in [5, 5.41) is 9.21. The van der Waals surface area contributed by atoms with Crippen LogP contribution in [0.3, 0.4) is 0 Å². The number of nitrogens with zero attached hydrogens (tertiary/aromatic N) is 2. The number of rotatable bonds is 2. The molecule has 0 amide bonds. The Bertz CT molecular complexity index is 596. The fraction of sp³-hybridized carbons (Fsp3) is 0.438. The fourth-order valence-corrected chi connectivity index (χ4v) is 2.96. The molecule has 2 N–H and O–H groups in total. The zero-order valence-electron chi connectivity index (χ0n) is 12.1. The van der Waals surface area contributed by atoms with Gasteiger partial charge in [-0.1, -0.05) is 25.2 Å². The minimum atomic E-state index is 0.195. The molecule has 2 rings (SSSR count). The molecular formula is C16H21N3. The van der Waals surface area contributed by atoms with Crippen LogP contribution >= 0.6 is 0 Å².